The van der Waals surface area contributed by atoms with E-state index in [4.69, 9.17) is 4.12 Å². The number of rotatable bonds is 3. The van der Waals surface area contributed by atoms with Crippen LogP contribution in [0.5, 0.6) is 0 Å². The second kappa shape index (κ2) is 3.39. The van der Waals surface area contributed by atoms with Crippen molar-refractivity contribution in [2.75, 3.05) is 0 Å². The van der Waals surface area contributed by atoms with Gasteiger partial charge in [0.1, 0.15) is 0 Å². The minimum absolute atomic E-state index is 0.269. The van der Waals surface area contributed by atoms with Crippen LogP contribution in [0.15, 0.2) is 0 Å². The molecule has 0 saturated heterocycles. The van der Waals surface area contributed by atoms with E-state index in [1.165, 1.54) is 0 Å². The molecular formula is C7H20O2Si2. The molecule has 0 aliphatic heterocycles. The molecule has 0 fully saturated rings. The number of aliphatic hydroxyl groups excluding tert-OH is 1. The van der Waals surface area contributed by atoms with Crippen LogP contribution in [0, 0.1) is 0 Å². The molecule has 11 heavy (non-hydrogen) atoms. The molecule has 0 amide bonds. The van der Waals surface area contributed by atoms with E-state index < -0.39 is 16.6 Å². The lowest BCUT2D eigenvalue weighted by Crippen LogP contribution is -2.50. The van der Waals surface area contributed by atoms with Gasteiger partial charge in [0, 0.05) is 0 Å². The quantitative estimate of drug-likeness (QED) is 0.693. The Kier molecular flexibility index (Phi) is 3.50. The van der Waals surface area contributed by atoms with Crippen LogP contribution < -0.4 is 0 Å². The van der Waals surface area contributed by atoms with Crippen molar-refractivity contribution >= 4 is 16.6 Å². The zero-order valence-corrected chi connectivity index (χ0v) is 10.4. The fourth-order valence-corrected chi connectivity index (χ4v) is 7.87. The highest BCUT2D eigenvalue weighted by molar-refractivity contribution is 6.84. The molecule has 68 valence electrons. The maximum absolute atomic E-state index is 9.40. The van der Waals surface area contributed by atoms with Crippen LogP contribution in [0.1, 0.15) is 6.92 Å². The molecule has 0 aromatic carbocycles. The maximum atomic E-state index is 9.40. The molecule has 1 atom stereocenters. The first-order chi connectivity index (χ1) is 4.65. The van der Waals surface area contributed by atoms with Crippen molar-refractivity contribution < 1.29 is 9.22 Å². The Morgan fingerprint density at radius 3 is 1.55 bits per heavy atom. The highest BCUT2D eigenvalue weighted by Crippen LogP contribution is 2.16. The van der Waals surface area contributed by atoms with Gasteiger partial charge < -0.3 is 9.22 Å². The van der Waals surface area contributed by atoms with Gasteiger partial charge in [-0.1, -0.05) is 0 Å². The lowest BCUT2D eigenvalue weighted by Gasteiger charge is -2.33. The summed E-state index contributed by atoms with van der Waals surface area (Å²) in [6.07, 6.45) is 0. The minimum Gasteiger partial charge on any atom is -0.454 e. The normalized spacial score (nSPS) is 16.6. The van der Waals surface area contributed by atoms with Crippen molar-refractivity contribution in [1.29, 1.82) is 0 Å². The number of aliphatic hydroxyl groups is 1. The van der Waals surface area contributed by atoms with Crippen molar-refractivity contribution in [2.24, 2.45) is 0 Å². The van der Waals surface area contributed by atoms with Crippen molar-refractivity contribution in [2.45, 2.75) is 45.4 Å². The van der Waals surface area contributed by atoms with Crippen molar-refractivity contribution in [3.63, 3.8) is 0 Å². The van der Waals surface area contributed by atoms with Crippen molar-refractivity contribution in [1.82, 2.24) is 0 Å². The molecule has 0 aliphatic carbocycles. The van der Waals surface area contributed by atoms with Gasteiger partial charge in [0.05, 0.1) is 5.73 Å². The zero-order chi connectivity index (χ0) is 9.28. The fourth-order valence-electron chi connectivity index (χ4n) is 0.874. The van der Waals surface area contributed by atoms with E-state index in [2.05, 4.69) is 32.7 Å². The smallest absolute Gasteiger partial charge is 0.202 e. The molecular weight excluding hydrogens is 172 g/mol. The molecule has 2 nitrogen and oxygen atoms in total. The van der Waals surface area contributed by atoms with E-state index in [0.717, 1.165) is 0 Å². The average Bonchev–Trinajstić information content (AvgIpc) is 1.56. The van der Waals surface area contributed by atoms with Crippen LogP contribution in [-0.4, -0.2) is 27.5 Å². The second-order valence-electron chi connectivity index (χ2n) is 4.49. The minimum atomic E-state index is -1.80. The third-order valence-corrected chi connectivity index (χ3v) is 8.14. The van der Waals surface area contributed by atoms with E-state index in [1.807, 2.05) is 6.92 Å². The summed E-state index contributed by atoms with van der Waals surface area (Å²) in [6.45, 7) is 12.4. The van der Waals surface area contributed by atoms with Gasteiger partial charge in [0.2, 0.25) is 8.32 Å². The monoisotopic (exact) mass is 192 g/mol. The van der Waals surface area contributed by atoms with Gasteiger partial charge >= 0.3 is 0 Å². The molecule has 0 saturated carbocycles. The van der Waals surface area contributed by atoms with E-state index >= 15 is 0 Å². The zero-order valence-electron chi connectivity index (χ0n) is 8.43. The summed E-state index contributed by atoms with van der Waals surface area (Å²) in [4.78, 5) is 0. The van der Waals surface area contributed by atoms with Crippen molar-refractivity contribution in [3.05, 3.63) is 0 Å². The first-order valence-corrected chi connectivity index (χ1v) is 10.4. The van der Waals surface area contributed by atoms with Crippen LogP contribution in [0.2, 0.25) is 32.7 Å². The van der Waals surface area contributed by atoms with Crippen LogP contribution in [0.4, 0.5) is 0 Å². The molecule has 4 heteroatoms. The van der Waals surface area contributed by atoms with Gasteiger partial charge in [-0.25, -0.2) is 0 Å². The lowest BCUT2D eigenvalue weighted by molar-refractivity contribution is 0.242. The summed E-state index contributed by atoms with van der Waals surface area (Å²) in [5.74, 6) is 0. The topological polar surface area (TPSA) is 29.5 Å². The SMILES string of the molecule is CC(O)[Si](C)(C)O[Si](C)(C)C. The van der Waals surface area contributed by atoms with Crippen LogP contribution in [-0.2, 0) is 4.12 Å². The molecule has 0 bridgehead atoms. The Balaban J connectivity index is 4.13. The molecule has 0 aliphatic rings. The predicted octanol–water partition coefficient (Wildman–Crippen LogP) is 1.96. The molecule has 0 spiro atoms. The summed E-state index contributed by atoms with van der Waals surface area (Å²) >= 11 is 0. The predicted molar refractivity (Wildman–Crippen MR) is 53.6 cm³/mol. The molecule has 1 unspecified atom stereocenters. The van der Waals surface area contributed by atoms with E-state index in [0.29, 0.717) is 0 Å². The first-order valence-electron chi connectivity index (χ1n) is 4.03. The van der Waals surface area contributed by atoms with Crippen LogP contribution >= 0.6 is 0 Å². The van der Waals surface area contributed by atoms with Gasteiger partial charge in [-0.2, -0.15) is 0 Å². The Morgan fingerprint density at radius 2 is 1.45 bits per heavy atom. The van der Waals surface area contributed by atoms with Crippen LogP contribution in [0.3, 0.4) is 0 Å². The van der Waals surface area contributed by atoms with Gasteiger partial charge in [-0.05, 0) is 39.7 Å². The summed E-state index contributed by atoms with van der Waals surface area (Å²) < 4.78 is 5.91. The first kappa shape index (κ1) is 11.4. The molecule has 0 rings (SSSR count). The standard InChI is InChI=1S/C7H20O2Si2/c1-7(8)11(5,6)9-10(2,3)4/h7-8H,1-6H3. The Bertz CT molecular complexity index is 127. The van der Waals surface area contributed by atoms with Crippen molar-refractivity contribution in [3.8, 4) is 0 Å². The third-order valence-electron chi connectivity index (χ3n) is 1.58. The van der Waals surface area contributed by atoms with E-state index in [9.17, 15) is 5.11 Å². The van der Waals surface area contributed by atoms with E-state index in [1.54, 1.807) is 0 Å². The molecule has 0 heterocycles. The molecule has 1 N–H and O–H groups in total. The summed E-state index contributed by atoms with van der Waals surface area (Å²) in [6, 6.07) is 0. The lowest BCUT2D eigenvalue weighted by atomic mass is 10.9. The molecule has 0 aromatic rings. The summed E-state index contributed by atoms with van der Waals surface area (Å²) in [5, 5.41) is 9.40. The van der Waals surface area contributed by atoms with Gasteiger partial charge in [-0.15, -0.1) is 0 Å². The summed E-state index contributed by atoms with van der Waals surface area (Å²) in [5.41, 5.74) is -0.269. The fraction of sp³-hybridized carbons (Fsp3) is 1.00. The van der Waals surface area contributed by atoms with Crippen LogP contribution in [0.25, 0.3) is 0 Å². The van der Waals surface area contributed by atoms with Gasteiger partial charge in [0.15, 0.2) is 8.32 Å². The number of hydrogen-bond acceptors (Lipinski definition) is 2. The maximum Gasteiger partial charge on any atom is 0.202 e. The largest absolute Gasteiger partial charge is 0.454 e. The van der Waals surface area contributed by atoms with Gasteiger partial charge in [-0.3, -0.25) is 0 Å². The summed E-state index contributed by atoms with van der Waals surface area (Å²) in [7, 11) is -3.25. The van der Waals surface area contributed by atoms with Gasteiger partial charge in [0.25, 0.3) is 0 Å². The highest BCUT2D eigenvalue weighted by atomic mass is 28.4. The highest BCUT2D eigenvalue weighted by Gasteiger charge is 2.33. The third kappa shape index (κ3) is 4.73. The average molecular weight is 192 g/mol. The molecule has 0 aromatic heterocycles. The number of hydrogen-bond donors (Lipinski definition) is 1. The van der Waals surface area contributed by atoms with E-state index in [-0.39, 0.29) is 5.73 Å². The Hall–Kier alpha value is 0.354. The molecule has 0 radical (unpaired) electrons. The Labute approximate surface area is 71.8 Å². The second-order valence-corrected chi connectivity index (χ2v) is 13.6. The Morgan fingerprint density at radius 1 is 1.09 bits per heavy atom.